The number of hydrogen-bond donors (Lipinski definition) is 3. The summed E-state index contributed by atoms with van der Waals surface area (Å²) in [5.41, 5.74) is 8.45. The summed E-state index contributed by atoms with van der Waals surface area (Å²) in [7, 11) is -1.88. The van der Waals surface area contributed by atoms with E-state index < -0.39 is 16.9 Å². The molecule has 1 aromatic carbocycles. The first-order valence-electron chi connectivity index (χ1n) is 11.4. The smallest absolute Gasteiger partial charge is 0.267 e. The molecule has 2 atom stereocenters. The molecule has 4 aromatic rings. The molecular formula is C25H27N7O2S. The Kier molecular flexibility index (Phi) is 5.76. The number of nitrogens with zero attached hydrogens (tertiary/aromatic N) is 4. The first-order valence-corrected chi connectivity index (χ1v) is 12.5. The zero-order valence-corrected chi connectivity index (χ0v) is 20.6. The van der Waals surface area contributed by atoms with Crippen LogP contribution in [0.25, 0.3) is 22.0 Å². The lowest BCUT2D eigenvalue weighted by atomic mass is 9.97. The number of benzene rings is 1. The van der Waals surface area contributed by atoms with Gasteiger partial charge in [-0.2, -0.15) is 5.10 Å². The quantitative estimate of drug-likeness (QED) is 0.390. The maximum absolute atomic E-state index is 13.5. The van der Waals surface area contributed by atoms with Gasteiger partial charge >= 0.3 is 0 Å². The first-order chi connectivity index (χ1) is 16.7. The van der Waals surface area contributed by atoms with Crippen molar-refractivity contribution in [2.75, 3.05) is 17.2 Å². The number of anilines is 2. The molecule has 10 heteroatoms. The van der Waals surface area contributed by atoms with Gasteiger partial charge in [0, 0.05) is 29.2 Å². The number of nitrogens with two attached hydrogens (primary N) is 1. The van der Waals surface area contributed by atoms with E-state index in [1.54, 1.807) is 30.6 Å². The van der Waals surface area contributed by atoms with Crippen LogP contribution in [0.3, 0.4) is 0 Å². The Morgan fingerprint density at radius 2 is 2.03 bits per heavy atom. The van der Waals surface area contributed by atoms with Gasteiger partial charge in [-0.1, -0.05) is 25.1 Å². The Balaban J connectivity index is 1.58. The van der Waals surface area contributed by atoms with Crippen LogP contribution in [0.1, 0.15) is 37.6 Å². The van der Waals surface area contributed by atoms with E-state index in [9.17, 15) is 9.00 Å². The number of aromatic nitrogens is 4. The van der Waals surface area contributed by atoms with Gasteiger partial charge in [-0.25, -0.2) is 14.2 Å². The van der Waals surface area contributed by atoms with Crippen LogP contribution in [0, 0.1) is 5.92 Å². The minimum Gasteiger partial charge on any atom is -0.384 e. The standard InChI is InChI=1S/C25H27N7O2S/c1-15-11-25(2,3)32(14-15)23-18(24(33)31-35(34)22-9-5-8-21(26)29-22)10-16(12-27-23)17-6-4-7-20-19(17)13-28-30-20/h4-10,12-13,15H,11,14H2,1-3H3,(H2,26,29)(H,28,30)(H,31,33). The molecule has 4 heterocycles. The van der Waals surface area contributed by atoms with E-state index in [0.29, 0.717) is 17.3 Å². The van der Waals surface area contributed by atoms with Crippen LogP contribution < -0.4 is 15.4 Å². The highest BCUT2D eigenvalue weighted by atomic mass is 32.2. The Bertz CT molecular complexity index is 1450. The third-order valence-electron chi connectivity index (χ3n) is 6.36. The second-order valence-electron chi connectivity index (χ2n) is 9.56. The fourth-order valence-corrected chi connectivity index (χ4v) is 5.67. The minimum absolute atomic E-state index is 0.178. The zero-order chi connectivity index (χ0) is 24.7. The predicted molar refractivity (Wildman–Crippen MR) is 137 cm³/mol. The van der Waals surface area contributed by atoms with Gasteiger partial charge in [-0.05, 0) is 56.0 Å². The zero-order valence-electron chi connectivity index (χ0n) is 19.8. The molecule has 4 N–H and O–H groups in total. The van der Waals surface area contributed by atoms with Crippen molar-refractivity contribution in [2.24, 2.45) is 5.92 Å². The number of pyridine rings is 2. The average Bonchev–Trinajstić information content (AvgIpc) is 3.41. The summed E-state index contributed by atoms with van der Waals surface area (Å²) in [6, 6.07) is 12.4. The molecular weight excluding hydrogens is 462 g/mol. The number of carbonyl (C=O) groups is 1. The van der Waals surface area contributed by atoms with E-state index in [0.717, 1.165) is 35.0 Å². The number of carbonyl (C=O) groups excluding carboxylic acids is 1. The Morgan fingerprint density at radius 1 is 1.23 bits per heavy atom. The van der Waals surface area contributed by atoms with Crippen molar-refractivity contribution in [1.29, 1.82) is 0 Å². The topological polar surface area (TPSA) is 130 Å². The van der Waals surface area contributed by atoms with Gasteiger partial charge < -0.3 is 10.6 Å². The fraction of sp³-hybridized carbons (Fsp3) is 0.280. The minimum atomic E-state index is -1.88. The third kappa shape index (κ3) is 4.37. The van der Waals surface area contributed by atoms with E-state index in [1.165, 1.54) is 0 Å². The first kappa shape index (κ1) is 23.0. The summed E-state index contributed by atoms with van der Waals surface area (Å²) < 4.78 is 15.5. The van der Waals surface area contributed by atoms with Gasteiger partial charge in [0.2, 0.25) is 0 Å². The Morgan fingerprint density at radius 3 is 2.77 bits per heavy atom. The van der Waals surface area contributed by atoms with Crippen molar-refractivity contribution in [1.82, 2.24) is 24.9 Å². The van der Waals surface area contributed by atoms with Gasteiger partial charge in [0.05, 0.1) is 17.3 Å². The Labute approximate surface area is 205 Å². The number of aromatic amines is 1. The molecule has 0 spiro atoms. The van der Waals surface area contributed by atoms with Crippen molar-refractivity contribution in [3.05, 3.63) is 60.4 Å². The van der Waals surface area contributed by atoms with Gasteiger partial charge in [0.25, 0.3) is 5.91 Å². The summed E-state index contributed by atoms with van der Waals surface area (Å²) in [6.45, 7) is 7.26. The lowest BCUT2D eigenvalue weighted by Gasteiger charge is -2.33. The highest BCUT2D eigenvalue weighted by Crippen LogP contribution is 2.38. The highest BCUT2D eigenvalue weighted by Gasteiger charge is 2.39. The lowest BCUT2D eigenvalue weighted by Crippen LogP contribution is -2.40. The van der Waals surface area contributed by atoms with E-state index in [4.69, 9.17) is 10.7 Å². The molecule has 0 radical (unpaired) electrons. The van der Waals surface area contributed by atoms with E-state index >= 15 is 0 Å². The summed E-state index contributed by atoms with van der Waals surface area (Å²) in [5.74, 6) is 0.757. The molecule has 3 aromatic heterocycles. The molecule has 0 saturated carbocycles. The molecule has 1 saturated heterocycles. The van der Waals surface area contributed by atoms with E-state index in [2.05, 4.69) is 45.6 Å². The molecule has 1 aliphatic rings. The monoisotopic (exact) mass is 489 g/mol. The molecule has 9 nitrogen and oxygen atoms in total. The Hall–Kier alpha value is -3.79. The summed E-state index contributed by atoms with van der Waals surface area (Å²) >= 11 is 0. The summed E-state index contributed by atoms with van der Waals surface area (Å²) in [4.78, 5) is 24.5. The van der Waals surface area contributed by atoms with Crippen LogP contribution >= 0.6 is 0 Å². The third-order valence-corrected chi connectivity index (χ3v) is 7.33. The SMILES string of the molecule is CC1CN(c2ncc(-c3cccc4[nH]ncc34)cc2C(=O)NS(=O)c2cccc(N)n2)C(C)(C)C1. The van der Waals surface area contributed by atoms with Gasteiger partial charge in [0.15, 0.2) is 16.0 Å². The van der Waals surface area contributed by atoms with Gasteiger partial charge in [-0.15, -0.1) is 0 Å². The molecule has 1 amide bonds. The van der Waals surface area contributed by atoms with E-state index in [1.807, 2.05) is 24.3 Å². The van der Waals surface area contributed by atoms with Gasteiger partial charge in [-0.3, -0.25) is 14.6 Å². The second-order valence-corrected chi connectivity index (χ2v) is 10.7. The van der Waals surface area contributed by atoms with Crippen molar-refractivity contribution in [2.45, 2.75) is 37.8 Å². The average molecular weight is 490 g/mol. The number of nitrogen functional groups attached to an aromatic ring is 1. The number of rotatable bonds is 5. The maximum atomic E-state index is 13.5. The lowest BCUT2D eigenvalue weighted by molar-refractivity contribution is 0.0983. The van der Waals surface area contributed by atoms with Crippen molar-refractivity contribution >= 4 is 39.4 Å². The van der Waals surface area contributed by atoms with Gasteiger partial charge in [0.1, 0.15) is 11.6 Å². The van der Waals surface area contributed by atoms with Crippen LogP contribution in [-0.2, 0) is 11.0 Å². The summed E-state index contributed by atoms with van der Waals surface area (Å²) in [6.07, 6.45) is 4.51. The molecule has 0 aliphatic carbocycles. The second kappa shape index (κ2) is 8.77. The molecule has 35 heavy (non-hydrogen) atoms. The van der Waals surface area contributed by atoms with E-state index in [-0.39, 0.29) is 16.4 Å². The van der Waals surface area contributed by atoms with Crippen LogP contribution in [0.15, 0.2) is 59.9 Å². The number of hydrogen-bond acceptors (Lipinski definition) is 7. The van der Waals surface area contributed by atoms with Crippen molar-refractivity contribution < 1.29 is 9.00 Å². The van der Waals surface area contributed by atoms with Crippen LogP contribution in [0.2, 0.25) is 0 Å². The van der Waals surface area contributed by atoms with Crippen LogP contribution in [0.5, 0.6) is 0 Å². The number of nitrogens with one attached hydrogen (secondary N) is 2. The number of H-pyrrole nitrogens is 1. The highest BCUT2D eigenvalue weighted by molar-refractivity contribution is 7.83. The maximum Gasteiger partial charge on any atom is 0.267 e. The number of fused-ring (bicyclic) bond motifs is 1. The van der Waals surface area contributed by atoms with Crippen molar-refractivity contribution in [3.63, 3.8) is 0 Å². The number of amides is 1. The molecule has 2 unspecified atom stereocenters. The molecule has 1 fully saturated rings. The molecule has 1 aliphatic heterocycles. The fourth-order valence-electron chi connectivity index (χ4n) is 4.89. The normalized spacial score (nSPS) is 18.0. The predicted octanol–water partition coefficient (Wildman–Crippen LogP) is 3.68. The molecule has 0 bridgehead atoms. The summed E-state index contributed by atoms with van der Waals surface area (Å²) in [5, 5.41) is 8.22. The van der Waals surface area contributed by atoms with Crippen LogP contribution in [0.4, 0.5) is 11.6 Å². The van der Waals surface area contributed by atoms with Crippen LogP contribution in [-0.4, -0.2) is 42.4 Å². The molecule has 180 valence electrons. The largest absolute Gasteiger partial charge is 0.384 e. The molecule has 5 rings (SSSR count). The van der Waals surface area contributed by atoms with Crippen molar-refractivity contribution in [3.8, 4) is 11.1 Å².